The van der Waals surface area contributed by atoms with Crippen molar-refractivity contribution in [3.05, 3.63) is 32.0 Å². The van der Waals surface area contributed by atoms with Crippen molar-refractivity contribution < 1.29 is 33.3 Å². The number of aromatic nitrogens is 2. The lowest BCUT2D eigenvalue weighted by molar-refractivity contribution is -0.153. The van der Waals surface area contributed by atoms with E-state index in [0.717, 1.165) is 16.2 Å². The molecule has 2 rings (SSSR count). The Bertz CT molecular complexity index is 984. The van der Waals surface area contributed by atoms with Crippen molar-refractivity contribution in [2.24, 2.45) is 14.1 Å². The van der Waals surface area contributed by atoms with E-state index in [-0.39, 0.29) is 24.7 Å². The molecule has 0 amide bonds. The number of rotatable bonds is 5. The molecular formula is C17H20N2O9. The van der Waals surface area contributed by atoms with E-state index in [2.05, 4.69) is 0 Å². The van der Waals surface area contributed by atoms with E-state index in [1.54, 1.807) is 0 Å². The van der Waals surface area contributed by atoms with Crippen molar-refractivity contribution in [3.63, 3.8) is 0 Å². The molecule has 11 nitrogen and oxygen atoms in total. The molecule has 0 aliphatic carbocycles. The lowest BCUT2D eigenvalue weighted by Gasteiger charge is -2.28. The number of fused-ring (bicyclic) bond motifs is 1. The average molecular weight is 396 g/mol. The monoisotopic (exact) mass is 396 g/mol. The standard InChI is InChI=1S/C17H20N2O9/c1-6-26-15(22)9-8(14(21)25-5)10-12(20)18(3)17(24)19(4)13(10)28-11(9)16(23)27-7-2/h11H,6-7H2,1-5H3. The fourth-order valence-corrected chi connectivity index (χ4v) is 2.73. The van der Waals surface area contributed by atoms with Gasteiger partial charge in [0.1, 0.15) is 11.1 Å². The number of methoxy groups -OCH3 is 1. The van der Waals surface area contributed by atoms with Crippen molar-refractivity contribution in [1.29, 1.82) is 0 Å². The fourth-order valence-electron chi connectivity index (χ4n) is 2.73. The predicted molar refractivity (Wildman–Crippen MR) is 93.5 cm³/mol. The van der Waals surface area contributed by atoms with Crippen molar-refractivity contribution in [2.75, 3.05) is 20.3 Å². The topological polar surface area (TPSA) is 132 Å². The number of carbonyl (C=O) groups is 3. The van der Waals surface area contributed by atoms with Gasteiger partial charge >= 0.3 is 23.6 Å². The Kier molecular flexibility index (Phi) is 6.06. The summed E-state index contributed by atoms with van der Waals surface area (Å²) in [5.74, 6) is -3.48. The van der Waals surface area contributed by atoms with Crippen molar-refractivity contribution >= 4 is 23.5 Å². The summed E-state index contributed by atoms with van der Waals surface area (Å²) in [5.41, 5.74) is -3.09. The lowest BCUT2D eigenvalue weighted by atomic mass is 9.94. The number of nitrogens with zero attached hydrogens (tertiary/aromatic N) is 2. The van der Waals surface area contributed by atoms with Gasteiger partial charge in [0.2, 0.25) is 12.0 Å². The van der Waals surface area contributed by atoms with Crippen LogP contribution in [-0.2, 0) is 42.7 Å². The zero-order valence-electron chi connectivity index (χ0n) is 16.1. The van der Waals surface area contributed by atoms with Gasteiger partial charge in [-0.3, -0.25) is 13.9 Å². The fraction of sp³-hybridized carbons (Fsp3) is 0.471. The quantitative estimate of drug-likeness (QED) is 0.449. The highest BCUT2D eigenvalue weighted by molar-refractivity contribution is 6.25. The summed E-state index contributed by atoms with van der Waals surface area (Å²) in [6.45, 7) is 2.96. The van der Waals surface area contributed by atoms with Gasteiger partial charge in [0.05, 0.1) is 25.9 Å². The third-order valence-corrected chi connectivity index (χ3v) is 4.01. The smallest absolute Gasteiger partial charge is 0.352 e. The third-order valence-electron chi connectivity index (χ3n) is 4.01. The summed E-state index contributed by atoms with van der Waals surface area (Å²) < 4.78 is 21.7. The van der Waals surface area contributed by atoms with Crippen molar-refractivity contribution in [2.45, 2.75) is 20.0 Å². The van der Waals surface area contributed by atoms with Crippen LogP contribution in [0.1, 0.15) is 19.4 Å². The molecule has 0 radical (unpaired) electrons. The van der Waals surface area contributed by atoms with Gasteiger partial charge < -0.3 is 18.9 Å². The molecule has 0 N–H and O–H groups in total. The zero-order valence-corrected chi connectivity index (χ0v) is 16.1. The van der Waals surface area contributed by atoms with E-state index >= 15 is 0 Å². The highest BCUT2D eigenvalue weighted by Crippen LogP contribution is 2.34. The minimum absolute atomic E-state index is 0.0370. The first-order valence-electron chi connectivity index (χ1n) is 8.34. The molecule has 1 aliphatic rings. The van der Waals surface area contributed by atoms with E-state index in [9.17, 15) is 24.0 Å². The molecule has 1 aromatic rings. The Labute approximate surface area is 159 Å². The van der Waals surface area contributed by atoms with Crippen molar-refractivity contribution in [1.82, 2.24) is 9.13 Å². The predicted octanol–water partition coefficient (Wildman–Crippen LogP) is -1.10. The second-order valence-electron chi connectivity index (χ2n) is 5.64. The molecule has 0 bridgehead atoms. The van der Waals surface area contributed by atoms with E-state index in [4.69, 9.17) is 18.9 Å². The molecule has 0 spiro atoms. The van der Waals surface area contributed by atoms with Crippen LogP contribution in [0.4, 0.5) is 0 Å². The Hall–Kier alpha value is -3.37. The van der Waals surface area contributed by atoms with Gasteiger partial charge in [-0.2, -0.15) is 0 Å². The second-order valence-corrected chi connectivity index (χ2v) is 5.64. The van der Waals surface area contributed by atoms with Crippen LogP contribution in [0.5, 0.6) is 5.88 Å². The normalized spacial score (nSPS) is 15.4. The van der Waals surface area contributed by atoms with Crippen LogP contribution in [0.3, 0.4) is 0 Å². The molecule has 1 unspecified atom stereocenters. The largest absolute Gasteiger partial charge is 0.465 e. The van der Waals surface area contributed by atoms with Gasteiger partial charge in [0.25, 0.3) is 5.56 Å². The summed E-state index contributed by atoms with van der Waals surface area (Å²) in [6, 6.07) is 0. The highest BCUT2D eigenvalue weighted by Gasteiger charge is 2.45. The van der Waals surface area contributed by atoms with E-state index < -0.39 is 46.4 Å². The highest BCUT2D eigenvalue weighted by atomic mass is 16.6. The first-order valence-corrected chi connectivity index (χ1v) is 8.34. The molecule has 152 valence electrons. The van der Waals surface area contributed by atoms with Gasteiger partial charge in [-0.25, -0.2) is 19.2 Å². The number of hydrogen-bond acceptors (Lipinski definition) is 9. The molecule has 1 aliphatic heterocycles. The maximum Gasteiger partial charge on any atom is 0.352 e. The summed E-state index contributed by atoms with van der Waals surface area (Å²) >= 11 is 0. The molecule has 1 aromatic heterocycles. The Balaban J connectivity index is 2.98. The van der Waals surface area contributed by atoms with Gasteiger partial charge in [-0.15, -0.1) is 0 Å². The lowest BCUT2D eigenvalue weighted by Crippen LogP contribution is -2.46. The number of carbonyl (C=O) groups excluding carboxylic acids is 3. The minimum Gasteiger partial charge on any atom is -0.465 e. The van der Waals surface area contributed by atoms with Crippen LogP contribution >= 0.6 is 0 Å². The van der Waals surface area contributed by atoms with E-state index in [1.165, 1.54) is 27.9 Å². The number of ether oxygens (including phenoxy) is 4. The summed E-state index contributed by atoms with van der Waals surface area (Å²) in [4.78, 5) is 62.4. The average Bonchev–Trinajstić information content (AvgIpc) is 2.68. The molecule has 0 fully saturated rings. The Morgan fingerprint density at radius 3 is 2.14 bits per heavy atom. The Morgan fingerprint density at radius 2 is 1.61 bits per heavy atom. The SMILES string of the molecule is CCOC(=O)C1=C(C(=O)OC)c2c(n(C)c(=O)n(C)c2=O)OC1C(=O)OCC. The molecule has 0 saturated carbocycles. The molecule has 0 saturated heterocycles. The molecule has 11 heteroatoms. The van der Waals surface area contributed by atoms with Gasteiger partial charge in [-0.1, -0.05) is 0 Å². The van der Waals surface area contributed by atoms with Crippen molar-refractivity contribution in [3.8, 4) is 5.88 Å². The first-order chi connectivity index (χ1) is 13.2. The number of hydrogen-bond donors (Lipinski definition) is 0. The molecular weight excluding hydrogens is 376 g/mol. The second kappa shape index (κ2) is 8.11. The molecule has 2 heterocycles. The van der Waals surface area contributed by atoms with Gasteiger partial charge in [-0.05, 0) is 13.8 Å². The van der Waals surface area contributed by atoms with Crippen LogP contribution in [0.15, 0.2) is 15.2 Å². The Morgan fingerprint density at radius 1 is 1.00 bits per heavy atom. The summed E-state index contributed by atoms with van der Waals surface area (Å²) in [5, 5.41) is 0. The van der Waals surface area contributed by atoms with Crippen LogP contribution in [0.25, 0.3) is 5.57 Å². The maximum absolute atomic E-state index is 12.7. The first kappa shape index (κ1) is 20.9. The van der Waals surface area contributed by atoms with E-state index in [0.29, 0.717) is 0 Å². The van der Waals surface area contributed by atoms with Crippen LogP contribution < -0.4 is 16.0 Å². The van der Waals surface area contributed by atoms with E-state index in [1.807, 2.05) is 0 Å². The number of esters is 3. The zero-order chi connectivity index (χ0) is 21.2. The van der Waals surface area contributed by atoms with Crippen LogP contribution in [-0.4, -0.2) is 53.5 Å². The maximum atomic E-state index is 12.7. The summed E-state index contributed by atoms with van der Waals surface area (Å²) in [6.07, 6.45) is -1.72. The summed E-state index contributed by atoms with van der Waals surface area (Å²) in [7, 11) is 3.52. The van der Waals surface area contributed by atoms with Crippen LogP contribution in [0, 0.1) is 0 Å². The van der Waals surface area contributed by atoms with Gasteiger partial charge in [0, 0.05) is 14.1 Å². The molecule has 28 heavy (non-hydrogen) atoms. The molecule has 0 aromatic carbocycles. The third kappa shape index (κ3) is 3.30. The van der Waals surface area contributed by atoms with Crippen LogP contribution in [0.2, 0.25) is 0 Å². The molecule has 1 atom stereocenters. The van der Waals surface area contributed by atoms with Gasteiger partial charge in [0.15, 0.2) is 0 Å². The minimum atomic E-state index is -1.72.